The number of carbonyl (C=O) groups is 2. The SMILES string of the molecule is COCC(c1ccccc1)N1Cc2ccc(C(=N)NC(=O)C(F)(F)F)cc2C1=O. The van der Waals surface area contributed by atoms with Gasteiger partial charge in [0.25, 0.3) is 5.91 Å². The number of carbonyl (C=O) groups excluding carboxylic acids is 2. The Morgan fingerprint density at radius 2 is 1.93 bits per heavy atom. The van der Waals surface area contributed by atoms with E-state index in [0.29, 0.717) is 12.1 Å². The molecule has 2 N–H and O–H groups in total. The van der Waals surface area contributed by atoms with Crippen LogP contribution in [0.3, 0.4) is 0 Å². The van der Waals surface area contributed by atoms with Crippen LogP contribution in [-0.2, 0) is 16.1 Å². The summed E-state index contributed by atoms with van der Waals surface area (Å²) in [6.07, 6.45) is -5.10. The number of amidine groups is 1. The van der Waals surface area contributed by atoms with Gasteiger partial charge in [-0.05, 0) is 17.2 Å². The molecule has 1 unspecified atom stereocenters. The van der Waals surface area contributed by atoms with E-state index < -0.39 is 17.9 Å². The topological polar surface area (TPSA) is 82.5 Å². The van der Waals surface area contributed by atoms with Gasteiger partial charge in [-0.2, -0.15) is 13.2 Å². The predicted molar refractivity (Wildman–Crippen MR) is 98.4 cm³/mol. The number of halogens is 3. The summed E-state index contributed by atoms with van der Waals surface area (Å²) >= 11 is 0. The van der Waals surface area contributed by atoms with Crippen LogP contribution in [0.2, 0.25) is 0 Å². The van der Waals surface area contributed by atoms with Crippen molar-refractivity contribution in [2.45, 2.75) is 18.8 Å². The fourth-order valence-electron chi connectivity index (χ4n) is 3.19. The maximum Gasteiger partial charge on any atom is 0.471 e. The lowest BCUT2D eigenvalue weighted by molar-refractivity contribution is -0.171. The van der Waals surface area contributed by atoms with E-state index in [1.54, 1.807) is 11.0 Å². The normalized spacial score (nSPS) is 14.5. The van der Waals surface area contributed by atoms with Crippen molar-refractivity contribution in [1.29, 1.82) is 5.41 Å². The zero-order chi connectivity index (χ0) is 21.2. The first-order valence-electron chi connectivity index (χ1n) is 8.67. The number of hydrogen-bond donors (Lipinski definition) is 2. The van der Waals surface area contributed by atoms with Crippen LogP contribution < -0.4 is 5.32 Å². The van der Waals surface area contributed by atoms with Crippen LogP contribution >= 0.6 is 0 Å². The van der Waals surface area contributed by atoms with Crippen molar-refractivity contribution in [1.82, 2.24) is 10.2 Å². The van der Waals surface area contributed by atoms with Gasteiger partial charge in [-0.3, -0.25) is 15.0 Å². The minimum atomic E-state index is -5.10. The van der Waals surface area contributed by atoms with Crippen LogP contribution in [-0.4, -0.2) is 42.4 Å². The summed E-state index contributed by atoms with van der Waals surface area (Å²) in [6.45, 7) is 0.577. The van der Waals surface area contributed by atoms with Gasteiger partial charge in [0.05, 0.1) is 12.6 Å². The van der Waals surface area contributed by atoms with Crippen molar-refractivity contribution in [2.75, 3.05) is 13.7 Å². The van der Waals surface area contributed by atoms with Gasteiger partial charge in [0.1, 0.15) is 5.84 Å². The smallest absolute Gasteiger partial charge is 0.382 e. The second kappa shape index (κ2) is 8.04. The molecule has 0 radical (unpaired) electrons. The number of rotatable bonds is 5. The molecule has 0 spiro atoms. The quantitative estimate of drug-likeness (QED) is 0.593. The van der Waals surface area contributed by atoms with Crippen LogP contribution in [0.4, 0.5) is 13.2 Å². The Morgan fingerprint density at radius 1 is 1.24 bits per heavy atom. The van der Waals surface area contributed by atoms with E-state index in [-0.39, 0.29) is 29.7 Å². The molecule has 0 fully saturated rings. The number of nitrogens with one attached hydrogen (secondary N) is 2. The number of fused-ring (bicyclic) bond motifs is 1. The maximum atomic E-state index is 13.0. The van der Waals surface area contributed by atoms with E-state index in [1.807, 2.05) is 30.3 Å². The Labute approximate surface area is 164 Å². The van der Waals surface area contributed by atoms with E-state index >= 15 is 0 Å². The van der Waals surface area contributed by atoms with Crippen LogP contribution in [0.25, 0.3) is 0 Å². The summed E-state index contributed by atoms with van der Waals surface area (Å²) in [5.41, 5.74) is 1.87. The number of hydrogen-bond acceptors (Lipinski definition) is 4. The lowest BCUT2D eigenvalue weighted by atomic mass is 10.1. The fourth-order valence-corrected chi connectivity index (χ4v) is 3.19. The molecule has 1 aliphatic heterocycles. The average molecular weight is 405 g/mol. The minimum Gasteiger partial charge on any atom is -0.382 e. The second-order valence-electron chi connectivity index (χ2n) is 6.51. The number of nitrogens with zero attached hydrogens (tertiary/aromatic N) is 1. The van der Waals surface area contributed by atoms with Gasteiger partial charge in [0.2, 0.25) is 0 Å². The number of benzene rings is 2. The summed E-state index contributed by atoms with van der Waals surface area (Å²) in [6, 6.07) is 13.3. The number of methoxy groups -OCH3 is 1. The molecule has 152 valence electrons. The van der Waals surface area contributed by atoms with E-state index in [0.717, 1.165) is 5.56 Å². The van der Waals surface area contributed by atoms with Gasteiger partial charge in [0, 0.05) is 24.8 Å². The Bertz CT molecular complexity index is 945. The van der Waals surface area contributed by atoms with Crippen LogP contribution in [0.5, 0.6) is 0 Å². The molecule has 3 rings (SSSR count). The molecular formula is C20H18F3N3O3. The molecule has 0 saturated heterocycles. The van der Waals surface area contributed by atoms with Crippen LogP contribution in [0.1, 0.15) is 33.1 Å². The molecule has 0 aliphatic carbocycles. The van der Waals surface area contributed by atoms with Crippen molar-refractivity contribution in [3.8, 4) is 0 Å². The van der Waals surface area contributed by atoms with Crippen molar-refractivity contribution < 1.29 is 27.5 Å². The van der Waals surface area contributed by atoms with Crippen LogP contribution in [0, 0.1) is 5.41 Å². The van der Waals surface area contributed by atoms with Crippen molar-refractivity contribution >= 4 is 17.6 Å². The highest BCUT2D eigenvalue weighted by molar-refractivity contribution is 6.09. The molecule has 1 aliphatic rings. The van der Waals surface area contributed by atoms with Gasteiger partial charge in [0.15, 0.2) is 0 Å². The molecule has 9 heteroatoms. The maximum absolute atomic E-state index is 13.0. The Morgan fingerprint density at radius 3 is 2.55 bits per heavy atom. The molecular weight excluding hydrogens is 387 g/mol. The summed E-state index contributed by atoms with van der Waals surface area (Å²) in [5.74, 6) is -3.28. The number of amides is 2. The lowest BCUT2D eigenvalue weighted by Gasteiger charge is -2.27. The number of alkyl halides is 3. The summed E-state index contributed by atoms with van der Waals surface area (Å²) in [4.78, 5) is 25.6. The second-order valence-corrected chi connectivity index (χ2v) is 6.51. The molecule has 0 bridgehead atoms. The monoisotopic (exact) mass is 405 g/mol. The third-order valence-corrected chi connectivity index (χ3v) is 4.61. The van der Waals surface area contributed by atoms with Gasteiger partial charge in [-0.25, -0.2) is 0 Å². The molecule has 1 heterocycles. The van der Waals surface area contributed by atoms with E-state index in [1.165, 1.54) is 24.6 Å². The van der Waals surface area contributed by atoms with Crippen molar-refractivity contribution in [2.24, 2.45) is 0 Å². The molecule has 29 heavy (non-hydrogen) atoms. The first kappa shape index (κ1) is 20.5. The average Bonchev–Trinajstić information content (AvgIpc) is 3.01. The highest BCUT2D eigenvalue weighted by atomic mass is 19.4. The highest BCUT2D eigenvalue weighted by Gasteiger charge is 2.39. The van der Waals surface area contributed by atoms with E-state index in [9.17, 15) is 22.8 Å². The lowest BCUT2D eigenvalue weighted by Crippen LogP contribution is -2.40. The van der Waals surface area contributed by atoms with Gasteiger partial charge < -0.3 is 15.0 Å². The number of ether oxygens (including phenoxy) is 1. The Hall–Kier alpha value is -3.20. The molecule has 0 saturated carbocycles. The standard InChI is InChI=1S/C20H18F3N3O3/c1-29-11-16(12-5-3-2-4-6-12)26-10-14-8-7-13(9-15(14)18(26)27)17(24)25-19(28)20(21,22)23/h2-9,16H,10-11H2,1H3,(H2,24,25,28). The van der Waals surface area contributed by atoms with E-state index in [4.69, 9.17) is 10.1 Å². The molecule has 2 aromatic carbocycles. The molecule has 0 aromatic heterocycles. The van der Waals surface area contributed by atoms with Crippen molar-refractivity contribution in [3.63, 3.8) is 0 Å². The van der Waals surface area contributed by atoms with Gasteiger partial charge in [-0.15, -0.1) is 0 Å². The largest absolute Gasteiger partial charge is 0.471 e. The summed E-state index contributed by atoms with van der Waals surface area (Å²) in [7, 11) is 1.53. The third kappa shape index (κ3) is 4.29. The summed E-state index contributed by atoms with van der Waals surface area (Å²) < 4.78 is 42.5. The summed E-state index contributed by atoms with van der Waals surface area (Å²) in [5, 5.41) is 9.22. The van der Waals surface area contributed by atoms with Gasteiger partial charge >= 0.3 is 12.1 Å². The Kier molecular flexibility index (Phi) is 5.69. The highest BCUT2D eigenvalue weighted by Crippen LogP contribution is 2.32. The van der Waals surface area contributed by atoms with Gasteiger partial charge in [-0.1, -0.05) is 42.5 Å². The third-order valence-electron chi connectivity index (χ3n) is 4.61. The van der Waals surface area contributed by atoms with Crippen LogP contribution in [0.15, 0.2) is 48.5 Å². The van der Waals surface area contributed by atoms with Crippen molar-refractivity contribution in [3.05, 3.63) is 70.8 Å². The Balaban J connectivity index is 1.84. The fraction of sp³-hybridized carbons (Fsp3) is 0.250. The first-order valence-corrected chi connectivity index (χ1v) is 8.67. The first-order chi connectivity index (χ1) is 13.7. The molecule has 6 nitrogen and oxygen atoms in total. The molecule has 2 amide bonds. The zero-order valence-electron chi connectivity index (χ0n) is 15.4. The zero-order valence-corrected chi connectivity index (χ0v) is 15.4. The molecule has 2 aromatic rings. The minimum absolute atomic E-state index is 0.0135. The van der Waals surface area contributed by atoms with E-state index in [2.05, 4.69) is 0 Å². The molecule has 1 atom stereocenters. The predicted octanol–water partition coefficient (Wildman–Crippen LogP) is 3.03.